The zero-order chi connectivity index (χ0) is 24.0. The number of carbonyl (C=O) groups excluding carboxylic acids is 1. The molecule has 0 bridgehead atoms. The Labute approximate surface area is 202 Å². The first-order valence-electron chi connectivity index (χ1n) is 13.8. The maximum Gasteiger partial charge on any atom is 0.311 e. The van der Waals surface area contributed by atoms with Crippen molar-refractivity contribution in [2.45, 2.75) is 112 Å². The Balaban J connectivity index is 1.51. The summed E-state index contributed by atoms with van der Waals surface area (Å²) in [5.74, 6) is 2.46. The molecule has 0 aromatic rings. The highest BCUT2D eigenvalue weighted by Crippen LogP contribution is 2.72. The van der Waals surface area contributed by atoms with Gasteiger partial charge in [-0.15, -0.1) is 0 Å². The molecular weight excluding hydrogens is 408 g/mol. The van der Waals surface area contributed by atoms with E-state index < -0.39 is 0 Å². The largest absolute Gasteiger partial charge is 0.469 e. The topological polar surface area (TPSA) is 46.5 Å². The van der Waals surface area contributed by atoms with Gasteiger partial charge in [0.05, 0.1) is 18.6 Å². The van der Waals surface area contributed by atoms with E-state index in [4.69, 9.17) is 4.74 Å². The Morgan fingerprint density at radius 1 is 0.879 bits per heavy atom. The molecule has 0 radical (unpaired) electrons. The summed E-state index contributed by atoms with van der Waals surface area (Å²) < 4.78 is 5.27. The van der Waals surface area contributed by atoms with Crippen molar-refractivity contribution in [3.63, 3.8) is 0 Å². The highest BCUT2D eigenvalue weighted by molar-refractivity contribution is 5.76. The Kier molecular flexibility index (Phi) is 5.31. The van der Waals surface area contributed by atoms with Crippen LogP contribution in [0, 0.1) is 50.7 Å². The van der Waals surface area contributed by atoms with E-state index in [0.29, 0.717) is 39.9 Å². The lowest BCUT2D eigenvalue weighted by Gasteiger charge is -2.68. The third-order valence-corrected chi connectivity index (χ3v) is 12.7. The molecule has 0 aromatic heterocycles. The summed E-state index contributed by atoms with van der Waals surface area (Å²) in [6, 6.07) is 0. The van der Waals surface area contributed by atoms with E-state index in [0.717, 1.165) is 25.7 Å². The van der Waals surface area contributed by atoms with Crippen LogP contribution in [0.15, 0.2) is 11.6 Å². The van der Waals surface area contributed by atoms with Gasteiger partial charge >= 0.3 is 5.97 Å². The maximum atomic E-state index is 12.7. The summed E-state index contributed by atoms with van der Waals surface area (Å²) in [6.07, 6.45) is 14.0. The van der Waals surface area contributed by atoms with Crippen LogP contribution in [0.4, 0.5) is 0 Å². The summed E-state index contributed by atoms with van der Waals surface area (Å²) in [6.45, 7) is 14.5. The number of hydrogen-bond acceptors (Lipinski definition) is 3. The average Bonchev–Trinajstić information content (AvgIpc) is 2.76. The fraction of sp³-hybridized carbons (Fsp3) is 0.900. The lowest BCUT2D eigenvalue weighted by Crippen LogP contribution is -2.61. The van der Waals surface area contributed by atoms with Crippen LogP contribution in [0.1, 0.15) is 106 Å². The van der Waals surface area contributed by atoms with Crippen molar-refractivity contribution in [3.8, 4) is 0 Å². The molecule has 3 heteroatoms. The van der Waals surface area contributed by atoms with E-state index in [9.17, 15) is 9.90 Å². The lowest BCUT2D eigenvalue weighted by molar-refractivity contribution is -0.186. The number of aliphatic hydroxyl groups excluding tert-OH is 1. The number of ether oxygens (including phenoxy) is 1. The van der Waals surface area contributed by atoms with Gasteiger partial charge in [0, 0.05) is 0 Å². The van der Waals surface area contributed by atoms with Crippen molar-refractivity contribution in [3.05, 3.63) is 11.6 Å². The molecule has 1 N–H and O–H groups in total. The number of fused-ring (bicyclic) bond motifs is 7. The first-order chi connectivity index (χ1) is 15.3. The second-order valence-corrected chi connectivity index (χ2v) is 14.5. The van der Waals surface area contributed by atoms with Gasteiger partial charge in [0.1, 0.15) is 0 Å². The summed E-state index contributed by atoms with van der Waals surface area (Å²) in [5, 5.41) is 10.9. The van der Waals surface area contributed by atoms with Crippen molar-refractivity contribution in [2.24, 2.45) is 50.7 Å². The molecule has 5 aliphatic rings. The molecule has 0 heterocycles. The van der Waals surface area contributed by atoms with E-state index >= 15 is 0 Å². The predicted octanol–water partition coefficient (Wildman–Crippen LogP) is 6.93. The minimum absolute atomic E-state index is 0.00908. The quantitative estimate of drug-likeness (QED) is 0.344. The summed E-state index contributed by atoms with van der Waals surface area (Å²) in [4.78, 5) is 12.7. The second-order valence-electron chi connectivity index (χ2n) is 14.5. The van der Waals surface area contributed by atoms with Gasteiger partial charge in [0.2, 0.25) is 0 Å². The number of esters is 1. The Morgan fingerprint density at radius 2 is 1.58 bits per heavy atom. The number of rotatable bonds is 1. The van der Waals surface area contributed by atoms with Crippen LogP contribution in [0.3, 0.4) is 0 Å². The number of hydrogen-bond donors (Lipinski definition) is 1. The number of allylic oxidation sites excluding steroid dienone is 2. The van der Waals surface area contributed by atoms with Gasteiger partial charge in [-0.2, -0.15) is 0 Å². The molecule has 4 fully saturated rings. The van der Waals surface area contributed by atoms with Crippen molar-refractivity contribution in [1.82, 2.24) is 0 Å². The number of carbonyl (C=O) groups is 1. The lowest BCUT2D eigenvalue weighted by atomic mass is 9.37. The normalized spacial score (nSPS) is 53.0. The van der Waals surface area contributed by atoms with Crippen molar-refractivity contribution < 1.29 is 14.6 Å². The van der Waals surface area contributed by atoms with Gasteiger partial charge in [-0.3, -0.25) is 4.79 Å². The number of aliphatic hydroxyl groups is 1. The molecule has 8 unspecified atom stereocenters. The Morgan fingerprint density at radius 3 is 2.27 bits per heavy atom. The van der Waals surface area contributed by atoms with Crippen LogP contribution in [-0.4, -0.2) is 24.3 Å². The fourth-order valence-electron chi connectivity index (χ4n) is 10.5. The minimum Gasteiger partial charge on any atom is -0.469 e. The Hall–Kier alpha value is -0.830. The smallest absolute Gasteiger partial charge is 0.311 e. The summed E-state index contributed by atoms with van der Waals surface area (Å²) in [7, 11) is 1.55. The van der Waals surface area contributed by atoms with Crippen LogP contribution in [0.5, 0.6) is 0 Å². The van der Waals surface area contributed by atoms with Crippen LogP contribution >= 0.6 is 0 Å². The first kappa shape index (κ1) is 23.9. The van der Waals surface area contributed by atoms with E-state index in [-0.39, 0.29) is 22.9 Å². The number of methoxy groups -OCH3 is 1. The standard InChI is InChI=1S/C30H48O3/c1-26(2)22-11-14-29(5)20-10-13-27(3)16-17-28(4,25(32)33-7)18-21(27)19(20)8-9-23(29)30(22,6)15-12-24(26)31/h8,20-24,31H,9-18H2,1-7H3/t20?,21?,22?,23?,24?,27?,28-,29?,30?/m0/s1. The van der Waals surface area contributed by atoms with Crippen LogP contribution < -0.4 is 0 Å². The van der Waals surface area contributed by atoms with Crippen molar-refractivity contribution >= 4 is 5.97 Å². The van der Waals surface area contributed by atoms with Gasteiger partial charge < -0.3 is 9.84 Å². The van der Waals surface area contributed by atoms with Gasteiger partial charge in [-0.25, -0.2) is 0 Å². The maximum absolute atomic E-state index is 12.7. The van der Waals surface area contributed by atoms with Gasteiger partial charge in [0.15, 0.2) is 0 Å². The van der Waals surface area contributed by atoms with Gasteiger partial charge in [-0.1, -0.05) is 46.3 Å². The van der Waals surface area contributed by atoms with Crippen molar-refractivity contribution in [2.75, 3.05) is 7.11 Å². The average molecular weight is 457 g/mol. The molecule has 0 aliphatic heterocycles. The molecule has 5 rings (SSSR count). The van der Waals surface area contributed by atoms with E-state index in [1.807, 2.05) is 0 Å². The van der Waals surface area contributed by atoms with E-state index in [2.05, 4.69) is 47.6 Å². The zero-order valence-corrected chi connectivity index (χ0v) is 22.3. The van der Waals surface area contributed by atoms with Crippen LogP contribution in [0.2, 0.25) is 0 Å². The SMILES string of the molecule is COC(=O)[C@@]1(C)CCC2(C)CCC3C(=CCC4C3(C)CCC3C(C)(C)C(O)CCC34C)C2C1. The van der Waals surface area contributed by atoms with Gasteiger partial charge in [-0.05, 0) is 116 Å². The molecule has 0 amide bonds. The molecule has 0 saturated heterocycles. The van der Waals surface area contributed by atoms with Gasteiger partial charge in [0.25, 0.3) is 0 Å². The predicted molar refractivity (Wildman–Crippen MR) is 132 cm³/mol. The molecule has 4 saturated carbocycles. The third-order valence-electron chi connectivity index (χ3n) is 12.7. The summed E-state index contributed by atoms with van der Waals surface area (Å²) in [5.41, 5.74) is 2.35. The zero-order valence-electron chi connectivity index (χ0n) is 22.3. The highest BCUT2D eigenvalue weighted by atomic mass is 16.5. The molecule has 0 aromatic carbocycles. The van der Waals surface area contributed by atoms with Crippen LogP contribution in [-0.2, 0) is 9.53 Å². The fourth-order valence-corrected chi connectivity index (χ4v) is 10.5. The molecule has 5 aliphatic carbocycles. The first-order valence-corrected chi connectivity index (χ1v) is 13.8. The molecule has 3 nitrogen and oxygen atoms in total. The Bertz CT molecular complexity index is 859. The molecule has 33 heavy (non-hydrogen) atoms. The van der Waals surface area contributed by atoms with E-state index in [1.54, 1.807) is 12.7 Å². The minimum atomic E-state index is -0.341. The highest BCUT2D eigenvalue weighted by Gasteiger charge is 2.64. The molecule has 9 atom stereocenters. The van der Waals surface area contributed by atoms with Crippen LogP contribution in [0.25, 0.3) is 0 Å². The molecule has 0 spiro atoms. The van der Waals surface area contributed by atoms with Crippen molar-refractivity contribution in [1.29, 1.82) is 0 Å². The monoisotopic (exact) mass is 456 g/mol. The summed E-state index contributed by atoms with van der Waals surface area (Å²) >= 11 is 0. The second kappa shape index (κ2) is 7.34. The molecular formula is C30H48O3. The third kappa shape index (κ3) is 3.12. The van der Waals surface area contributed by atoms with E-state index in [1.165, 1.54) is 38.5 Å². The molecule has 186 valence electrons.